The van der Waals surface area contributed by atoms with Crippen LogP contribution in [0.2, 0.25) is 0 Å². The fraction of sp³-hybridized carbons (Fsp3) is 0.522. The van der Waals surface area contributed by atoms with Crippen molar-refractivity contribution in [1.29, 1.82) is 0 Å². The molecule has 160 valence electrons. The summed E-state index contributed by atoms with van der Waals surface area (Å²) in [4.78, 5) is 23.4. The van der Waals surface area contributed by atoms with Gasteiger partial charge in [0.05, 0.1) is 7.11 Å². The van der Waals surface area contributed by atoms with Crippen molar-refractivity contribution in [3.05, 3.63) is 47.8 Å². The van der Waals surface area contributed by atoms with Crippen LogP contribution in [0.25, 0.3) is 0 Å². The molecule has 0 aliphatic carbocycles. The first-order valence-electron chi connectivity index (χ1n) is 10.8. The molecule has 2 aliphatic heterocycles. The molecule has 3 heterocycles. The highest BCUT2D eigenvalue weighted by Gasteiger charge is 2.30. The lowest BCUT2D eigenvalue weighted by Crippen LogP contribution is -2.51. The Kier molecular flexibility index (Phi) is 6.79. The zero-order valence-electron chi connectivity index (χ0n) is 17.5. The number of nitrogens with one attached hydrogen (secondary N) is 1. The minimum atomic E-state index is -0.0302. The average molecular weight is 411 g/mol. The predicted molar refractivity (Wildman–Crippen MR) is 113 cm³/mol. The predicted octanol–water partition coefficient (Wildman–Crippen LogP) is 2.60. The van der Waals surface area contributed by atoms with E-state index in [1.165, 1.54) is 5.56 Å². The molecule has 2 atom stereocenters. The van der Waals surface area contributed by atoms with Crippen LogP contribution < -0.4 is 14.8 Å². The van der Waals surface area contributed by atoms with E-state index in [2.05, 4.69) is 26.3 Å². The zero-order chi connectivity index (χ0) is 20.8. The Bertz CT molecular complexity index is 843. The third kappa shape index (κ3) is 5.27. The second kappa shape index (κ2) is 9.89. The van der Waals surface area contributed by atoms with Gasteiger partial charge >= 0.3 is 6.01 Å². The minimum absolute atomic E-state index is 0.0302. The van der Waals surface area contributed by atoms with Crippen LogP contribution >= 0.6 is 0 Å². The topological polar surface area (TPSA) is 76.6 Å². The molecule has 1 aromatic heterocycles. The van der Waals surface area contributed by atoms with Gasteiger partial charge in [0.15, 0.2) is 6.61 Å². The molecule has 1 amide bonds. The molecule has 0 bridgehead atoms. The van der Waals surface area contributed by atoms with Crippen molar-refractivity contribution < 1.29 is 14.3 Å². The highest BCUT2D eigenvalue weighted by atomic mass is 16.5. The number of amides is 1. The number of fused-ring (bicyclic) bond motifs is 2. The number of nitrogens with zero attached hydrogens (tertiary/aromatic N) is 3. The van der Waals surface area contributed by atoms with E-state index in [1.807, 2.05) is 30.6 Å². The van der Waals surface area contributed by atoms with Crippen LogP contribution in [0.15, 0.2) is 36.7 Å². The average Bonchev–Trinajstić information content (AvgIpc) is 2.77. The van der Waals surface area contributed by atoms with Crippen molar-refractivity contribution >= 4 is 5.91 Å². The van der Waals surface area contributed by atoms with Gasteiger partial charge in [-0.2, -0.15) is 0 Å². The van der Waals surface area contributed by atoms with Gasteiger partial charge in [-0.3, -0.25) is 9.69 Å². The Balaban J connectivity index is 1.39. The third-order valence-corrected chi connectivity index (χ3v) is 6.04. The molecule has 7 heteroatoms. The summed E-state index contributed by atoms with van der Waals surface area (Å²) in [6.07, 6.45) is 8.98. The number of piperidine rings is 1. The maximum absolute atomic E-state index is 12.5. The van der Waals surface area contributed by atoms with Crippen molar-refractivity contribution in [2.45, 2.75) is 44.7 Å². The van der Waals surface area contributed by atoms with Crippen LogP contribution in [0, 0.1) is 5.92 Å². The van der Waals surface area contributed by atoms with Gasteiger partial charge in [0.1, 0.15) is 5.75 Å². The van der Waals surface area contributed by atoms with E-state index >= 15 is 0 Å². The van der Waals surface area contributed by atoms with Crippen molar-refractivity contribution in [3.8, 4) is 11.8 Å². The summed E-state index contributed by atoms with van der Waals surface area (Å²) in [7, 11) is 1.57. The largest absolute Gasteiger partial charge is 0.483 e. The van der Waals surface area contributed by atoms with E-state index in [9.17, 15) is 4.79 Å². The summed E-state index contributed by atoms with van der Waals surface area (Å²) in [6, 6.07) is 8.65. The number of carbonyl (C=O) groups excluding carboxylic acids is 1. The summed E-state index contributed by atoms with van der Waals surface area (Å²) < 4.78 is 10.9. The molecular formula is C23H30N4O3. The monoisotopic (exact) mass is 410 g/mol. The standard InChI is InChI=1S/C23H30N4O3/c1-29-23-24-12-17(13-25-23)14-27-11-10-20-19(15-27)8-3-2-6-18-7-4-5-9-21(18)30-16-22(28)26-20/h4-5,7,9,12-13,19-20H,2-3,6,8,10-11,14-16H2,1H3,(H,26,28)/t19-,20+/m0/s1. The van der Waals surface area contributed by atoms with Crippen molar-refractivity contribution in [1.82, 2.24) is 20.2 Å². The lowest BCUT2D eigenvalue weighted by atomic mass is 9.87. The number of aromatic nitrogens is 2. The number of ether oxygens (including phenoxy) is 2. The number of aryl methyl sites for hydroxylation is 1. The third-order valence-electron chi connectivity index (χ3n) is 6.04. The first kappa shape index (κ1) is 20.6. The summed E-state index contributed by atoms with van der Waals surface area (Å²) in [5.41, 5.74) is 2.27. The van der Waals surface area contributed by atoms with Gasteiger partial charge in [-0.15, -0.1) is 0 Å². The van der Waals surface area contributed by atoms with Gasteiger partial charge in [-0.25, -0.2) is 9.97 Å². The molecule has 0 radical (unpaired) electrons. The van der Waals surface area contributed by atoms with E-state index < -0.39 is 0 Å². The lowest BCUT2D eigenvalue weighted by molar-refractivity contribution is -0.124. The van der Waals surface area contributed by atoms with Crippen LogP contribution in [-0.4, -0.2) is 53.6 Å². The van der Waals surface area contributed by atoms with E-state index in [0.717, 1.165) is 63.1 Å². The van der Waals surface area contributed by atoms with Gasteiger partial charge < -0.3 is 14.8 Å². The molecule has 2 aromatic rings. The maximum Gasteiger partial charge on any atom is 0.316 e. The van der Waals surface area contributed by atoms with Crippen molar-refractivity contribution in [2.75, 3.05) is 26.8 Å². The second-order valence-corrected chi connectivity index (χ2v) is 8.18. The summed E-state index contributed by atoms with van der Waals surface area (Å²) in [5, 5.41) is 3.24. The van der Waals surface area contributed by atoms with Crippen LogP contribution in [0.1, 0.15) is 36.8 Å². The molecule has 1 N–H and O–H groups in total. The Morgan fingerprint density at radius 1 is 1.20 bits per heavy atom. The van der Waals surface area contributed by atoms with Gasteiger partial charge in [0, 0.05) is 43.6 Å². The Morgan fingerprint density at radius 3 is 2.87 bits per heavy atom. The highest BCUT2D eigenvalue weighted by Crippen LogP contribution is 2.26. The Morgan fingerprint density at radius 2 is 2.03 bits per heavy atom. The molecule has 0 saturated carbocycles. The van der Waals surface area contributed by atoms with Crippen molar-refractivity contribution in [3.63, 3.8) is 0 Å². The molecule has 2 aliphatic rings. The number of carbonyl (C=O) groups is 1. The quantitative estimate of drug-likeness (QED) is 0.838. The normalized spacial score (nSPS) is 23.0. The van der Waals surface area contributed by atoms with Crippen LogP contribution in [0.3, 0.4) is 0 Å². The first-order chi connectivity index (χ1) is 14.7. The van der Waals surface area contributed by atoms with Gasteiger partial charge in [-0.05, 0) is 43.2 Å². The van der Waals surface area contributed by atoms with E-state index in [0.29, 0.717) is 11.9 Å². The van der Waals surface area contributed by atoms with E-state index in [-0.39, 0.29) is 18.6 Å². The number of hydrogen-bond acceptors (Lipinski definition) is 6. The molecule has 1 aromatic carbocycles. The summed E-state index contributed by atoms with van der Waals surface area (Å²) >= 11 is 0. The number of benzene rings is 1. The smallest absolute Gasteiger partial charge is 0.316 e. The number of para-hydroxylation sites is 1. The Hall–Kier alpha value is -2.67. The van der Waals surface area contributed by atoms with E-state index in [1.54, 1.807) is 7.11 Å². The minimum Gasteiger partial charge on any atom is -0.483 e. The molecule has 1 saturated heterocycles. The van der Waals surface area contributed by atoms with Gasteiger partial charge in [0.2, 0.25) is 0 Å². The SMILES string of the molecule is COc1ncc(CN2CC[C@H]3NC(=O)COc4ccccc4CCCC[C@H]3C2)cn1. The van der Waals surface area contributed by atoms with E-state index in [4.69, 9.17) is 9.47 Å². The van der Waals surface area contributed by atoms with Crippen molar-refractivity contribution in [2.24, 2.45) is 5.92 Å². The molecule has 4 rings (SSSR count). The first-order valence-corrected chi connectivity index (χ1v) is 10.8. The lowest BCUT2D eigenvalue weighted by Gasteiger charge is -2.39. The van der Waals surface area contributed by atoms with Crippen LogP contribution in [0.5, 0.6) is 11.8 Å². The summed E-state index contributed by atoms with van der Waals surface area (Å²) in [6.45, 7) is 2.80. The zero-order valence-corrected chi connectivity index (χ0v) is 17.5. The fourth-order valence-corrected chi connectivity index (χ4v) is 4.49. The molecule has 0 spiro atoms. The molecular weight excluding hydrogens is 380 g/mol. The van der Waals surface area contributed by atoms with Crippen LogP contribution in [0.4, 0.5) is 0 Å². The Labute approximate surface area is 177 Å². The number of hydrogen-bond donors (Lipinski definition) is 1. The molecule has 30 heavy (non-hydrogen) atoms. The number of rotatable bonds is 3. The maximum atomic E-state index is 12.5. The highest BCUT2D eigenvalue weighted by molar-refractivity contribution is 5.78. The van der Waals surface area contributed by atoms with Gasteiger partial charge in [-0.1, -0.05) is 24.6 Å². The van der Waals surface area contributed by atoms with Gasteiger partial charge in [0.25, 0.3) is 5.91 Å². The number of methoxy groups -OCH3 is 1. The fourth-order valence-electron chi connectivity index (χ4n) is 4.49. The molecule has 7 nitrogen and oxygen atoms in total. The van der Waals surface area contributed by atoms with Crippen LogP contribution in [-0.2, 0) is 17.8 Å². The molecule has 0 unspecified atom stereocenters. The summed E-state index contributed by atoms with van der Waals surface area (Å²) in [5.74, 6) is 1.25. The second-order valence-electron chi connectivity index (χ2n) is 8.18. The number of likely N-dealkylation sites (tertiary alicyclic amines) is 1. The molecule has 1 fully saturated rings.